The molecule has 1 aromatic heterocycles. The number of pyridine rings is 1. The lowest BCUT2D eigenvalue weighted by Gasteiger charge is -2.16. The van der Waals surface area contributed by atoms with Crippen LogP contribution in [0, 0.1) is 5.82 Å². The minimum absolute atomic E-state index is 0.184. The molecule has 2 aromatic rings. The monoisotopic (exact) mass is 365 g/mol. The van der Waals surface area contributed by atoms with Gasteiger partial charge in [-0.2, -0.15) is 13.2 Å². The molecule has 26 heavy (non-hydrogen) atoms. The number of hydrogen-bond acceptors (Lipinski definition) is 1. The Morgan fingerprint density at radius 2 is 1.73 bits per heavy atom. The van der Waals surface area contributed by atoms with E-state index in [2.05, 4.69) is 24.1 Å². The summed E-state index contributed by atoms with van der Waals surface area (Å²) in [6.07, 6.45) is 11.0. The molecule has 1 aliphatic rings. The molecule has 0 atom stereocenters. The van der Waals surface area contributed by atoms with E-state index in [1.54, 1.807) is 5.57 Å². The molecule has 0 N–H and O–H groups in total. The van der Waals surface area contributed by atoms with Crippen molar-refractivity contribution >= 4 is 0 Å². The van der Waals surface area contributed by atoms with Crippen molar-refractivity contribution in [2.45, 2.75) is 52.1 Å². The molecular weight excluding hydrogens is 342 g/mol. The second kappa shape index (κ2) is 10.1. The first kappa shape index (κ1) is 20.1. The Bertz CT molecular complexity index is 715. The Labute approximate surface area is 151 Å². The second-order valence-corrected chi connectivity index (χ2v) is 6.27. The first-order valence-electron chi connectivity index (χ1n) is 8.79. The zero-order valence-electron chi connectivity index (χ0n) is 14.8. The minimum atomic E-state index is -3.67. The largest absolute Gasteiger partial charge is 0.379 e. The summed E-state index contributed by atoms with van der Waals surface area (Å²) in [5.74, 6) is -0.184. The molecule has 1 fully saturated rings. The molecule has 140 valence electrons. The lowest BCUT2D eigenvalue weighted by atomic mass is 9.90. The van der Waals surface area contributed by atoms with Gasteiger partial charge >= 0.3 is 6.68 Å². The highest BCUT2D eigenvalue weighted by Crippen LogP contribution is 2.26. The smallest absolute Gasteiger partial charge is 0.261 e. The molecule has 0 radical (unpaired) electrons. The van der Waals surface area contributed by atoms with Gasteiger partial charge in [-0.1, -0.05) is 36.8 Å². The Hall–Kier alpha value is -2.17. The molecule has 0 spiro atoms. The molecular formula is C21H23F4N. The maximum absolute atomic E-state index is 13.0. The Balaban J connectivity index is 0.000000552. The SMILES string of the molecule is CCc1ncc(Cc2ccc(F)cc2)cc1CC=C1CCC1.FC(F)F. The van der Waals surface area contributed by atoms with Crippen LogP contribution in [0.15, 0.2) is 48.2 Å². The molecule has 1 heterocycles. The van der Waals surface area contributed by atoms with Crippen LogP contribution in [0.4, 0.5) is 17.6 Å². The number of allylic oxidation sites excluding steroid dienone is 2. The lowest BCUT2D eigenvalue weighted by Crippen LogP contribution is -2.01. The van der Waals surface area contributed by atoms with Crippen LogP contribution in [-0.2, 0) is 19.3 Å². The lowest BCUT2D eigenvalue weighted by molar-refractivity contribution is 0.00819. The molecule has 1 aromatic carbocycles. The summed E-state index contributed by atoms with van der Waals surface area (Å²) < 4.78 is 42.0. The number of alkyl halides is 3. The van der Waals surface area contributed by atoms with E-state index in [9.17, 15) is 17.6 Å². The van der Waals surface area contributed by atoms with Gasteiger partial charge in [-0.05, 0) is 67.3 Å². The summed E-state index contributed by atoms with van der Waals surface area (Å²) in [4.78, 5) is 4.63. The molecule has 0 aliphatic heterocycles. The summed E-state index contributed by atoms with van der Waals surface area (Å²) in [7, 11) is 0. The van der Waals surface area contributed by atoms with E-state index in [4.69, 9.17) is 0 Å². The summed E-state index contributed by atoms with van der Waals surface area (Å²) in [5, 5.41) is 0. The summed E-state index contributed by atoms with van der Waals surface area (Å²) >= 11 is 0. The van der Waals surface area contributed by atoms with Gasteiger partial charge in [0.25, 0.3) is 0 Å². The number of nitrogens with zero attached hydrogens (tertiary/aromatic N) is 1. The zero-order chi connectivity index (χ0) is 18.9. The molecule has 1 aliphatic carbocycles. The first-order chi connectivity index (χ1) is 12.5. The fraction of sp³-hybridized carbons (Fsp3) is 0.381. The predicted octanol–water partition coefficient (Wildman–Crippen LogP) is 6.21. The van der Waals surface area contributed by atoms with E-state index in [-0.39, 0.29) is 5.82 Å². The maximum Gasteiger partial charge on any atom is 0.379 e. The average Bonchev–Trinajstić information content (AvgIpc) is 2.55. The Kier molecular flexibility index (Phi) is 7.82. The fourth-order valence-corrected chi connectivity index (χ4v) is 2.86. The van der Waals surface area contributed by atoms with E-state index in [1.165, 1.54) is 48.2 Å². The van der Waals surface area contributed by atoms with E-state index in [0.29, 0.717) is 0 Å². The topological polar surface area (TPSA) is 12.9 Å². The quantitative estimate of drug-likeness (QED) is 0.454. The van der Waals surface area contributed by atoms with Gasteiger partial charge in [0.05, 0.1) is 0 Å². The zero-order valence-corrected chi connectivity index (χ0v) is 14.8. The first-order valence-corrected chi connectivity index (χ1v) is 8.79. The molecule has 3 rings (SSSR count). The van der Waals surface area contributed by atoms with Gasteiger partial charge in [0.1, 0.15) is 5.82 Å². The highest BCUT2D eigenvalue weighted by Gasteiger charge is 2.09. The van der Waals surface area contributed by atoms with Crippen LogP contribution in [0.3, 0.4) is 0 Å². The number of hydrogen-bond donors (Lipinski definition) is 0. The highest BCUT2D eigenvalue weighted by molar-refractivity contribution is 5.32. The van der Waals surface area contributed by atoms with E-state index >= 15 is 0 Å². The van der Waals surface area contributed by atoms with Crippen LogP contribution in [0.1, 0.15) is 48.6 Å². The van der Waals surface area contributed by atoms with Gasteiger partial charge in [-0.3, -0.25) is 4.98 Å². The molecule has 1 saturated carbocycles. The van der Waals surface area contributed by atoms with Crippen molar-refractivity contribution in [3.63, 3.8) is 0 Å². The molecule has 1 nitrogen and oxygen atoms in total. The third-order valence-corrected chi connectivity index (χ3v) is 4.38. The van der Waals surface area contributed by atoms with Gasteiger partial charge in [-0.25, -0.2) is 4.39 Å². The fourth-order valence-electron chi connectivity index (χ4n) is 2.86. The predicted molar refractivity (Wildman–Crippen MR) is 95.6 cm³/mol. The number of aromatic nitrogens is 1. The third-order valence-electron chi connectivity index (χ3n) is 4.38. The second-order valence-electron chi connectivity index (χ2n) is 6.27. The van der Waals surface area contributed by atoms with E-state index < -0.39 is 6.68 Å². The number of halogens is 4. The Morgan fingerprint density at radius 1 is 1.08 bits per heavy atom. The summed E-state index contributed by atoms with van der Waals surface area (Å²) in [5.41, 5.74) is 6.44. The Morgan fingerprint density at radius 3 is 2.27 bits per heavy atom. The van der Waals surface area contributed by atoms with Crippen molar-refractivity contribution in [1.29, 1.82) is 0 Å². The van der Waals surface area contributed by atoms with Crippen LogP contribution in [0.2, 0.25) is 0 Å². The van der Waals surface area contributed by atoms with E-state index in [0.717, 1.165) is 24.8 Å². The van der Waals surface area contributed by atoms with Crippen molar-refractivity contribution in [3.05, 3.63) is 76.4 Å². The van der Waals surface area contributed by atoms with Gasteiger partial charge in [0, 0.05) is 11.9 Å². The summed E-state index contributed by atoms with van der Waals surface area (Å²) in [6.45, 7) is -1.51. The molecule has 0 saturated heterocycles. The standard InChI is InChI=1S/C20H22FN.CHF3/c1-2-20-18(9-6-15-4-3-5-15)13-17(14-22-20)12-16-7-10-19(21)11-8-16;2-1(3)4/h6-8,10-11,13-14H,2-5,9,12H2,1H3;1H. The average molecular weight is 365 g/mol. The van der Waals surface area contributed by atoms with Crippen LogP contribution in [0.25, 0.3) is 0 Å². The highest BCUT2D eigenvalue weighted by atomic mass is 19.4. The molecule has 5 heteroatoms. The van der Waals surface area contributed by atoms with Crippen molar-refractivity contribution in [2.75, 3.05) is 0 Å². The molecule has 0 bridgehead atoms. The van der Waals surface area contributed by atoms with E-state index in [1.807, 2.05) is 18.3 Å². The van der Waals surface area contributed by atoms with Gasteiger partial charge < -0.3 is 0 Å². The molecule has 0 amide bonds. The normalized spacial score (nSPS) is 13.1. The van der Waals surface area contributed by atoms with Crippen molar-refractivity contribution in [2.24, 2.45) is 0 Å². The number of rotatable bonds is 5. The van der Waals surface area contributed by atoms with Gasteiger partial charge in [0.2, 0.25) is 0 Å². The number of benzene rings is 1. The van der Waals surface area contributed by atoms with Crippen molar-refractivity contribution in [1.82, 2.24) is 4.98 Å². The van der Waals surface area contributed by atoms with Crippen molar-refractivity contribution in [3.8, 4) is 0 Å². The number of aryl methyl sites for hydroxylation is 1. The van der Waals surface area contributed by atoms with Crippen LogP contribution >= 0.6 is 0 Å². The maximum atomic E-state index is 13.0. The van der Waals surface area contributed by atoms with Gasteiger partial charge in [-0.15, -0.1) is 0 Å². The third kappa shape index (κ3) is 6.62. The van der Waals surface area contributed by atoms with Crippen LogP contribution < -0.4 is 0 Å². The van der Waals surface area contributed by atoms with Crippen LogP contribution in [-0.4, -0.2) is 11.7 Å². The minimum Gasteiger partial charge on any atom is -0.261 e. The van der Waals surface area contributed by atoms with Crippen molar-refractivity contribution < 1.29 is 17.6 Å². The van der Waals surface area contributed by atoms with Crippen LogP contribution in [0.5, 0.6) is 0 Å². The molecule has 0 unspecified atom stereocenters. The van der Waals surface area contributed by atoms with Gasteiger partial charge in [0.15, 0.2) is 0 Å². The summed E-state index contributed by atoms with van der Waals surface area (Å²) in [6, 6.07) is 9.00.